The molecule has 0 N–H and O–H groups in total. The highest BCUT2D eigenvalue weighted by molar-refractivity contribution is 6.44. The van der Waals surface area contributed by atoms with Gasteiger partial charge in [0.25, 0.3) is 0 Å². The zero-order valence-corrected chi connectivity index (χ0v) is 10.2. The average molecular weight is 267 g/mol. The largest absolute Gasteiger partial charge is 0.443 e. The van der Waals surface area contributed by atoms with Gasteiger partial charge in [-0.15, -0.1) is 0 Å². The fraction of sp³-hybridized carbons (Fsp3) is 0. The molecule has 0 unspecified atom stereocenters. The molecule has 3 aromatic rings. The van der Waals surface area contributed by atoms with Crippen LogP contribution in [0.25, 0.3) is 11.0 Å². The van der Waals surface area contributed by atoms with Crippen LogP contribution in [0.2, 0.25) is 10.2 Å². The summed E-state index contributed by atoms with van der Waals surface area (Å²) >= 11 is 11.5. The fourth-order valence-electron chi connectivity index (χ4n) is 1.24. The van der Waals surface area contributed by atoms with E-state index in [2.05, 4.69) is 9.97 Å². The summed E-state index contributed by atoms with van der Waals surface area (Å²) in [7, 11) is 0. The van der Waals surface area contributed by atoms with Crippen LogP contribution in [0, 0.1) is 0 Å². The molecule has 0 saturated carbocycles. The fourth-order valence-corrected chi connectivity index (χ4v) is 1.62. The molecule has 2 aromatic heterocycles. The minimum Gasteiger partial charge on any atom is -0.443 e. The zero-order valence-electron chi connectivity index (χ0n) is 8.68. The number of nitrogens with zero attached hydrogens (tertiary/aromatic N) is 2. The average Bonchev–Trinajstić information content (AvgIpc) is 2.69. The number of halogens is 2. The molecule has 0 fully saturated rings. The molecule has 2 heterocycles. The van der Waals surface area contributed by atoms with Crippen LogP contribution < -0.4 is 0 Å². The minimum atomic E-state index is 0.257. The summed E-state index contributed by atoms with van der Waals surface area (Å²) < 4.78 is 5.13. The molecule has 0 amide bonds. The van der Waals surface area contributed by atoms with Crippen molar-refractivity contribution in [1.29, 1.82) is 0 Å². The second-order valence-corrected chi connectivity index (χ2v) is 3.80. The van der Waals surface area contributed by atoms with Crippen molar-refractivity contribution in [2.45, 2.75) is 0 Å². The SMILES string of the molecule is Clc1oc2ccccc2c1Cl.c1cnccn1. The van der Waals surface area contributed by atoms with E-state index in [1.54, 1.807) is 24.8 Å². The van der Waals surface area contributed by atoms with E-state index in [1.165, 1.54) is 0 Å². The van der Waals surface area contributed by atoms with Gasteiger partial charge in [0.1, 0.15) is 10.6 Å². The molecule has 3 nitrogen and oxygen atoms in total. The Balaban J connectivity index is 0.000000153. The summed E-state index contributed by atoms with van der Waals surface area (Å²) in [5.74, 6) is 0. The van der Waals surface area contributed by atoms with Gasteiger partial charge in [-0.25, -0.2) is 0 Å². The van der Waals surface area contributed by atoms with Crippen molar-refractivity contribution in [2.75, 3.05) is 0 Å². The first-order valence-electron chi connectivity index (χ1n) is 4.81. The Labute approximate surface area is 108 Å². The van der Waals surface area contributed by atoms with Crippen LogP contribution in [0.1, 0.15) is 0 Å². The molecule has 0 aliphatic carbocycles. The quantitative estimate of drug-likeness (QED) is 0.612. The molecule has 5 heteroatoms. The first-order valence-corrected chi connectivity index (χ1v) is 5.57. The number of furan rings is 1. The Kier molecular flexibility index (Phi) is 3.96. The lowest BCUT2D eigenvalue weighted by atomic mass is 10.3. The number of aromatic nitrogens is 2. The number of hydrogen-bond donors (Lipinski definition) is 0. The summed E-state index contributed by atoms with van der Waals surface area (Å²) in [5.41, 5.74) is 0.725. The lowest BCUT2D eigenvalue weighted by Crippen LogP contribution is -1.66. The molecular weight excluding hydrogens is 259 g/mol. The van der Waals surface area contributed by atoms with Crippen LogP contribution >= 0.6 is 23.2 Å². The Morgan fingerprint density at radius 3 is 2.00 bits per heavy atom. The Morgan fingerprint density at radius 2 is 1.47 bits per heavy atom. The normalized spacial score (nSPS) is 9.76. The van der Waals surface area contributed by atoms with Gasteiger partial charge < -0.3 is 4.42 Å². The first kappa shape index (κ1) is 11.9. The first-order chi connectivity index (χ1) is 8.29. The monoisotopic (exact) mass is 266 g/mol. The van der Waals surface area contributed by atoms with Crippen LogP contribution in [0.15, 0.2) is 53.5 Å². The molecule has 17 heavy (non-hydrogen) atoms. The van der Waals surface area contributed by atoms with Crippen LogP contribution in [-0.4, -0.2) is 9.97 Å². The Bertz CT molecular complexity index is 569. The number of hydrogen-bond acceptors (Lipinski definition) is 3. The van der Waals surface area contributed by atoms with E-state index in [0.29, 0.717) is 5.02 Å². The Hall–Kier alpha value is -1.58. The van der Waals surface area contributed by atoms with Crippen molar-refractivity contribution in [1.82, 2.24) is 9.97 Å². The van der Waals surface area contributed by atoms with Crippen molar-refractivity contribution < 1.29 is 4.42 Å². The molecule has 0 aliphatic rings. The summed E-state index contributed by atoms with van der Waals surface area (Å²) in [6, 6.07) is 7.46. The number of para-hydroxylation sites is 1. The second-order valence-electron chi connectivity index (χ2n) is 3.08. The summed E-state index contributed by atoms with van der Waals surface area (Å²) in [5, 5.41) is 1.61. The van der Waals surface area contributed by atoms with Gasteiger partial charge >= 0.3 is 0 Å². The third-order valence-electron chi connectivity index (χ3n) is 1.97. The third kappa shape index (κ3) is 2.96. The molecule has 0 aliphatic heterocycles. The predicted molar refractivity (Wildman–Crippen MR) is 68.3 cm³/mol. The van der Waals surface area contributed by atoms with E-state index in [-0.39, 0.29) is 5.22 Å². The van der Waals surface area contributed by atoms with Gasteiger partial charge in [-0.3, -0.25) is 9.97 Å². The maximum Gasteiger partial charge on any atom is 0.213 e. The molecule has 0 radical (unpaired) electrons. The summed E-state index contributed by atoms with van der Waals surface area (Å²) in [4.78, 5) is 7.44. The van der Waals surface area contributed by atoms with Gasteiger partial charge in [0.15, 0.2) is 0 Å². The topological polar surface area (TPSA) is 38.9 Å². The van der Waals surface area contributed by atoms with E-state index in [9.17, 15) is 0 Å². The van der Waals surface area contributed by atoms with Gasteiger partial charge in [0, 0.05) is 30.2 Å². The van der Waals surface area contributed by atoms with Gasteiger partial charge in [0.2, 0.25) is 5.22 Å². The minimum absolute atomic E-state index is 0.257. The lowest BCUT2D eigenvalue weighted by Gasteiger charge is -1.83. The van der Waals surface area contributed by atoms with E-state index in [1.807, 2.05) is 24.3 Å². The zero-order chi connectivity index (χ0) is 12.1. The molecule has 0 atom stereocenters. The van der Waals surface area contributed by atoms with E-state index >= 15 is 0 Å². The van der Waals surface area contributed by atoms with Crippen molar-refractivity contribution >= 4 is 34.2 Å². The van der Waals surface area contributed by atoms with E-state index < -0.39 is 0 Å². The van der Waals surface area contributed by atoms with Gasteiger partial charge in [-0.05, 0) is 23.7 Å². The van der Waals surface area contributed by atoms with Crippen molar-refractivity contribution in [2.24, 2.45) is 0 Å². The van der Waals surface area contributed by atoms with Gasteiger partial charge in [-0.1, -0.05) is 23.7 Å². The predicted octanol–water partition coefficient (Wildman–Crippen LogP) is 4.22. The van der Waals surface area contributed by atoms with Crippen LogP contribution in [-0.2, 0) is 0 Å². The van der Waals surface area contributed by atoms with Crippen molar-refractivity contribution in [3.05, 3.63) is 59.3 Å². The highest BCUT2D eigenvalue weighted by Gasteiger charge is 2.07. The van der Waals surface area contributed by atoms with Gasteiger partial charge in [-0.2, -0.15) is 0 Å². The molecule has 1 aromatic carbocycles. The number of rotatable bonds is 0. The maximum atomic E-state index is 5.82. The Morgan fingerprint density at radius 1 is 0.882 bits per heavy atom. The molecule has 3 rings (SSSR count). The van der Waals surface area contributed by atoms with Crippen LogP contribution in [0.5, 0.6) is 0 Å². The van der Waals surface area contributed by atoms with Gasteiger partial charge in [0.05, 0.1) is 0 Å². The van der Waals surface area contributed by atoms with Crippen molar-refractivity contribution in [3.63, 3.8) is 0 Å². The van der Waals surface area contributed by atoms with Crippen LogP contribution in [0.3, 0.4) is 0 Å². The standard InChI is InChI=1S/C8H4Cl2O.C4H4N2/c9-7-5-3-1-2-4-6(5)11-8(7)10;1-2-6-4-3-5-1/h1-4H;1-4H. The maximum absolute atomic E-state index is 5.82. The number of fused-ring (bicyclic) bond motifs is 1. The molecule has 0 saturated heterocycles. The highest BCUT2D eigenvalue weighted by Crippen LogP contribution is 2.33. The lowest BCUT2D eigenvalue weighted by molar-refractivity contribution is 0.618. The molecule has 0 spiro atoms. The summed E-state index contributed by atoms with van der Waals surface area (Å²) in [6.07, 6.45) is 6.56. The smallest absolute Gasteiger partial charge is 0.213 e. The van der Waals surface area contributed by atoms with E-state index in [0.717, 1.165) is 11.0 Å². The third-order valence-corrected chi connectivity index (χ3v) is 2.71. The molecular formula is C12H8Cl2N2O. The molecule has 0 bridgehead atoms. The summed E-state index contributed by atoms with van der Waals surface area (Å²) in [6.45, 7) is 0. The van der Waals surface area contributed by atoms with Crippen LogP contribution in [0.4, 0.5) is 0 Å². The molecule has 86 valence electrons. The second kappa shape index (κ2) is 5.66. The van der Waals surface area contributed by atoms with E-state index in [4.69, 9.17) is 27.6 Å². The van der Waals surface area contributed by atoms with Crippen molar-refractivity contribution in [3.8, 4) is 0 Å². The number of benzene rings is 1. The highest BCUT2D eigenvalue weighted by atomic mass is 35.5.